The molecule has 1 aromatic rings. The molecule has 2 nitrogen and oxygen atoms in total. The van der Waals surface area contributed by atoms with Gasteiger partial charge in [0.1, 0.15) is 5.82 Å². The highest BCUT2D eigenvalue weighted by atomic mass is 35.5. The molecule has 0 fully saturated rings. The van der Waals surface area contributed by atoms with E-state index in [1.54, 1.807) is 6.92 Å². The van der Waals surface area contributed by atoms with E-state index in [-0.39, 0.29) is 18.8 Å². The third kappa shape index (κ3) is 3.45. The molecular formula is C11H14ClFO2. The maximum Gasteiger partial charge on any atom is 0.132 e. The van der Waals surface area contributed by atoms with Gasteiger partial charge in [0.15, 0.2) is 0 Å². The summed E-state index contributed by atoms with van der Waals surface area (Å²) in [5.74, 6) is -0.345. The second-order valence-electron chi connectivity index (χ2n) is 3.52. The second-order valence-corrected chi connectivity index (χ2v) is 3.96. The lowest BCUT2D eigenvalue weighted by Crippen LogP contribution is -2.08. The Morgan fingerprint density at radius 3 is 2.60 bits per heavy atom. The van der Waals surface area contributed by atoms with E-state index in [1.807, 2.05) is 0 Å². The molecular weight excluding hydrogens is 219 g/mol. The summed E-state index contributed by atoms with van der Waals surface area (Å²) in [7, 11) is 1.49. The van der Waals surface area contributed by atoms with Gasteiger partial charge in [-0.25, -0.2) is 4.39 Å². The molecule has 0 aromatic heterocycles. The zero-order valence-electron chi connectivity index (χ0n) is 8.76. The molecule has 0 aliphatic heterocycles. The van der Waals surface area contributed by atoms with E-state index in [1.165, 1.54) is 19.2 Å². The number of ether oxygens (including phenoxy) is 1. The van der Waals surface area contributed by atoms with Gasteiger partial charge in [-0.15, -0.1) is 0 Å². The summed E-state index contributed by atoms with van der Waals surface area (Å²) in [6.07, 6.45) is -0.336. The Labute approximate surface area is 93.6 Å². The minimum absolute atomic E-state index is 0.180. The van der Waals surface area contributed by atoms with Crippen molar-refractivity contribution < 1.29 is 14.2 Å². The minimum atomic E-state index is -0.589. The Kier molecular flexibility index (Phi) is 4.51. The standard InChI is InChI=1S/C11H14ClFO2/c1-7(14)3-8-4-10(12)5-9(6-15-2)11(8)13/h4-5,7,14H,3,6H2,1-2H3. The molecule has 1 rings (SSSR count). The van der Waals surface area contributed by atoms with Crippen molar-refractivity contribution in [2.24, 2.45) is 0 Å². The molecule has 0 aliphatic rings. The molecule has 0 aliphatic carbocycles. The van der Waals surface area contributed by atoms with Crippen molar-refractivity contribution >= 4 is 11.6 Å². The van der Waals surface area contributed by atoms with Crippen molar-refractivity contribution in [2.45, 2.75) is 26.1 Å². The number of hydrogen-bond donors (Lipinski definition) is 1. The highest BCUT2D eigenvalue weighted by molar-refractivity contribution is 6.30. The van der Waals surface area contributed by atoms with E-state index in [0.29, 0.717) is 16.1 Å². The van der Waals surface area contributed by atoms with Crippen LogP contribution >= 0.6 is 11.6 Å². The third-order valence-electron chi connectivity index (χ3n) is 2.00. The summed E-state index contributed by atoms with van der Waals surface area (Å²) in [4.78, 5) is 0. The molecule has 0 saturated heterocycles. The van der Waals surface area contributed by atoms with Crippen LogP contribution in [0, 0.1) is 5.82 Å². The fraction of sp³-hybridized carbons (Fsp3) is 0.455. The SMILES string of the molecule is COCc1cc(Cl)cc(CC(C)O)c1F. The Morgan fingerprint density at radius 2 is 2.07 bits per heavy atom. The van der Waals surface area contributed by atoms with Gasteiger partial charge in [0.25, 0.3) is 0 Å². The van der Waals surface area contributed by atoms with Gasteiger partial charge in [-0.3, -0.25) is 0 Å². The third-order valence-corrected chi connectivity index (χ3v) is 2.22. The molecule has 0 spiro atoms. The quantitative estimate of drug-likeness (QED) is 0.865. The van der Waals surface area contributed by atoms with Crippen molar-refractivity contribution in [2.75, 3.05) is 7.11 Å². The average molecular weight is 233 g/mol. The molecule has 0 heterocycles. The number of halogens is 2. The molecule has 84 valence electrons. The van der Waals surface area contributed by atoms with Crippen LogP contribution in [0.3, 0.4) is 0 Å². The maximum absolute atomic E-state index is 13.8. The first kappa shape index (κ1) is 12.4. The van der Waals surface area contributed by atoms with Gasteiger partial charge >= 0.3 is 0 Å². The second kappa shape index (κ2) is 5.45. The van der Waals surface area contributed by atoms with Crippen LogP contribution < -0.4 is 0 Å². The molecule has 1 N–H and O–H groups in total. The lowest BCUT2D eigenvalue weighted by Gasteiger charge is -2.10. The van der Waals surface area contributed by atoms with Gasteiger partial charge in [0.2, 0.25) is 0 Å². The Morgan fingerprint density at radius 1 is 1.47 bits per heavy atom. The summed E-state index contributed by atoms with van der Waals surface area (Å²) < 4.78 is 18.6. The van der Waals surface area contributed by atoms with Crippen molar-refractivity contribution in [3.63, 3.8) is 0 Å². The summed E-state index contributed by atoms with van der Waals surface area (Å²) in [6.45, 7) is 1.79. The van der Waals surface area contributed by atoms with Gasteiger partial charge in [-0.1, -0.05) is 11.6 Å². The Hall–Kier alpha value is -0.640. The number of benzene rings is 1. The zero-order chi connectivity index (χ0) is 11.4. The van der Waals surface area contributed by atoms with Gasteiger partial charge in [0.05, 0.1) is 12.7 Å². The van der Waals surface area contributed by atoms with Crippen molar-refractivity contribution in [1.82, 2.24) is 0 Å². The first-order valence-corrected chi connectivity index (χ1v) is 5.06. The summed E-state index contributed by atoms with van der Waals surface area (Å²) >= 11 is 5.84. The number of methoxy groups -OCH3 is 1. The van der Waals surface area contributed by atoms with Crippen LogP contribution in [-0.2, 0) is 17.8 Å². The fourth-order valence-corrected chi connectivity index (χ4v) is 1.70. The smallest absolute Gasteiger partial charge is 0.132 e. The lowest BCUT2D eigenvalue weighted by molar-refractivity contribution is 0.179. The summed E-state index contributed by atoms with van der Waals surface area (Å²) in [6, 6.07) is 3.06. The van der Waals surface area contributed by atoms with Crippen LogP contribution in [-0.4, -0.2) is 18.3 Å². The number of rotatable bonds is 4. The van der Waals surface area contributed by atoms with Crippen LogP contribution in [0.25, 0.3) is 0 Å². The van der Waals surface area contributed by atoms with Crippen molar-refractivity contribution in [1.29, 1.82) is 0 Å². The van der Waals surface area contributed by atoms with Crippen LogP contribution in [0.1, 0.15) is 18.1 Å². The molecule has 1 atom stereocenters. The number of hydrogen-bond acceptors (Lipinski definition) is 2. The molecule has 0 radical (unpaired) electrons. The summed E-state index contributed by atoms with van der Waals surface area (Å²) in [5, 5.41) is 9.66. The fourth-order valence-electron chi connectivity index (χ4n) is 1.43. The minimum Gasteiger partial charge on any atom is -0.393 e. The van der Waals surface area contributed by atoms with E-state index in [2.05, 4.69) is 0 Å². The van der Waals surface area contributed by atoms with E-state index in [0.717, 1.165) is 0 Å². The van der Waals surface area contributed by atoms with Crippen molar-refractivity contribution in [3.05, 3.63) is 34.1 Å². The van der Waals surface area contributed by atoms with Crippen LogP contribution in [0.2, 0.25) is 5.02 Å². The first-order chi connectivity index (χ1) is 7.04. The molecule has 1 aromatic carbocycles. The topological polar surface area (TPSA) is 29.5 Å². The van der Waals surface area contributed by atoms with Crippen LogP contribution in [0.5, 0.6) is 0 Å². The number of aliphatic hydroxyl groups excluding tert-OH is 1. The normalized spacial score (nSPS) is 12.9. The molecule has 1 unspecified atom stereocenters. The van der Waals surface area contributed by atoms with E-state index in [9.17, 15) is 9.50 Å². The predicted octanol–water partition coefficient (Wildman–Crippen LogP) is 2.55. The van der Waals surface area contributed by atoms with Gasteiger partial charge in [-0.2, -0.15) is 0 Å². The Balaban J connectivity index is 3.04. The molecule has 0 amide bonds. The van der Waals surface area contributed by atoms with Crippen LogP contribution in [0.15, 0.2) is 12.1 Å². The van der Waals surface area contributed by atoms with Gasteiger partial charge in [0, 0.05) is 24.1 Å². The highest BCUT2D eigenvalue weighted by Gasteiger charge is 2.11. The highest BCUT2D eigenvalue weighted by Crippen LogP contribution is 2.21. The molecule has 0 bridgehead atoms. The van der Waals surface area contributed by atoms with E-state index < -0.39 is 6.10 Å². The van der Waals surface area contributed by atoms with Crippen LogP contribution in [0.4, 0.5) is 4.39 Å². The molecule has 0 saturated carbocycles. The first-order valence-electron chi connectivity index (χ1n) is 4.68. The Bertz CT molecular complexity index is 340. The zero-order valence-corrected chi connectivity index (χ0v) is 9.51. The largest absolute Gasteiger partial charge is 0.393 e. The monoisotopic (exact) mass is 232 g/mol. The van der Waals surface area contributed by atoms with Gasteiger partial charge in [-0.05, 0) is 24.6 Å². The summed E-state index contributed by atoms with van der Waals surface area (Å²) in [5.41, 5.74) is 0.838. The maximum atomic E-state index is 13.8. The van der Waals surface area contributed by atoms with Crippen molar-refractivity contribution in [3.8, 4) is 0 Å². The van der Waals surface area contributed by atoms with E-state index in [4.69, 9.17) is 16.3 Å². The number of aliphatic hydroxyl groups is 1. The predicted molar refractivity (Wildman–Crippen MR) is 57.5 cm³/mol. The average Bonchev–Trinajstić information content (AvgIpc) is 2.12. The lowest BCUT2D eigenvalue weighted by atomic mass is 10.0. The molecule has 15 heavy (non-hydrogen) atoms. The van der Waals surface area contributed by atoms with E-state index >= 15 is 0 Å². The van der Waals surface area contributed by atoms with Gasteiger partial charge < -0.3 is 9.84 Å². The molecule has 4 heteroatoms.